The summed E-state index contributed by atoms with van der Waals surface area (Å²) in [5.74, 6) is 0. The molecule has 0 aromatic carbocycles. The average Bonchev–Trinajstić information content (AvgIpc) is 2.35. The van der Waals surface area contributed by atoms with Crippen molar-refractivity contribution in [3.8, 4) is 6.07 Å². The Morgan fingerprint density at radius 1 is 1.47 bits per heavy atom. The molecule has 1 rings (SSSR count). The maximum absolute atomic E-state index is 8.90. The van der Waals surface area contributed by atoms with E-state index in [1.807, 2.05) is 38.2 Å². The monoisotopic (exact) mass is 231 g/mol. The lowest BCUT2D eigenvalue weighted by molar-refractivity contribution is 0.416. The van der Waals surface area contributed by atoms with Gasteiger partial charge in [-0.15, -0.1) is 0 Å². The lowest BCUT2D eigenvalue weighted by atomic mass is 9.90. The Balaban J connectivity index is 2.26. The summed E-state index contributed by atoms with van der Waals surface area (Å²) in [7, 11) is 0. The zero-order valence-electron chi connectivity index (χ0n) is 10.9. The first-order chi connectivity index (χ1) is 8.05. The van der Waals surface area contributed by atoms with Gasteiger partial charge in [0.15, 0.2) is 0 Å². The quantitative estimate of drug-likeness (QED) is 0.765. The van der Waals surface area contributed by atoms with Gasteiger partial charge in [0.25, 0.3) is 0 Å². The van der Waals surface area contributed by atoms with Crippen LogP contribution in [0.15, 0.2) is 24.4 Å². The number of rotatable bonds is 6. The molecule has 1 heterocycles. The Hall–Kier alpha value is -1.40. The second kappa shape index (κ2) is 6.36. The second-order valence-corrected chi connectivity index (χ2v) is 5.03. The van der Waals surface area contributed by atoms with E-state index in [4.69, 9.17) is 5.26 Å². The molecule has 1 N–H and O–H groups in total. The smallest absolute Gasteiger partial charge is 0.0683 e. The van der Waals surface area contributed by atoms with Crippen molar-refractivity contribution in [1.82, 2.24) is 10.3 Å². The van der Waals surface area contributed by atoms with Gasteiger partial charge in [-0.2, -0.15) is 5.26 Å². The van der Waals surface area contributed by atoms with Gasteiger partial charge in [-0.3, -0.25) is 4.98 Å². The number of aromatic nitrogens is 1. The third-order valence-electron chi connectivity index (χ3n) is 2.86. The minimum atomic E-state index is -0.212. The van der Waals surface area contributed by atoms with Crippen LogP contribution in [0.1, 0.15) is 45.3 Å². The van der Waals surface area contributed by atoms with Crippen LogP contribution in [-0.2, 0) is 0 Å². The third-order valence-corrected chi connectivity index (χ3v) is 2.86. The van der Waals surface area contributed by atoms with Gasteiger partial charge < -0.3 is 5.32 Å². The first-order valence-corrected chi connectivity index (χ1v) is 6.11. The Bertz CT molecular complexity index is 365. The summed E-state index contributed by atoms with van der Waals surface area (Å²) in [5, 5.41) is 12.3. The number of hydrogen-bond acceptors (Lipinski definition) is 3. The molecule has 0 aliphatic carbocycles. The van der Waals surface area contributed by atoms with Gasteiger partial charge in [0, 0.05) is 12.2 Å². The fourth-order valence-corrected chi connectivity index (χ4v) is 1.64. The van der Waals surface area contributed by atoms with Crippen LogP contribution in [0.5, 0.6) is 0 Å². The van der Waals surface area contributed by atoms with Crippen LogP contribution in [0.2, 0.25) is 0 Å². The third kappa shape index (κ3) is 4.97. The van der Waals surface area contributed by atoms with Crippen molar-refractivity contribution >= 4 is 0 Å². The molecule has 92 valence electrons. The van der Waals surface area contributed by atoms with Crippen molar-refractivity contribution in [2.75, 3.05) is 6.54 Å². The normalized spacial score (nSPS) is 13.1. The maximum Gasteiger partial charge on any atom is 0.0683 e. The molecule has 0 aliphatic rings. The van der Waals surface area contributed by atoms with E-state index < -0.39 is 0 Å². The Morgan fingerprint density at radius 3 is 2.82 bits per heavy atom. The fraction of sp³-hybridized carbons (Fsp3) is 0.571. The summed E-state index contributed by atoms with van der Waals surface area (Å²) in [6, 6.07) is 8.53. The summed E-state index contributed by atoms with van der Waals surface area (Å²) in [6.07, 6.45) is 3.75. The summed E-state index contributed by atoms with van der Waals surface area (Å²) in [6.45, 7) is 6.99. The second-order valence-electron chi connectivity index (χ2n) is 5.03. The van der Waals surface area contributed by atoms with Crippen molar-refractivity contribution in [2.24, 2.45) is 5.41 Å². The first-order valence-electron chi connectivity index (χ1n) is 6.11. The first kappa shape index (κ1) is 13.7. The van der Waals surface area contributed by atoms with Gasteiger partial charge in [0.2, 0.25) is 0 Å². The van der Waals surface area contributed by atoms with Crippen LogP contribution in [0, 0.1) is 16.7 Å². The molecule has 0 radical (unpaired) electrons. The van der Waals surface area contributed by atoms with Gasteiger partial charge in [0.05, 0.1) is 17.2 Å². The van der Waals surface area contributed by atoms with E-state index in [1.54, 1.807) is 0 Å². The van der Waals surface area contributed by atoms with Gasteiger partial charge in [-0.25, -0.2) is 0 Å². The molecule has 3 heteroatoms. The number of hydrogen-bond donors (Lipinski definition) is 1. The van der Waals surface area contributed by atoms with E-state index in [2.05, 4.69) is 23.3 Å². The molecule has 0 spiro atoms. The molecule has 0 amide bonds. The van der Waals surface area contributed by atoms with Crippen LogP contribution in [0.25, 0.3) is 0 Å². The van der Waals surface area contributed by atoms with Crippen LogP contribution >= 0.6 is 0 Å². The van der Waals surface area contributed by atoms with Crippen molar-refractivity contribution in [3.05, 3.63) is 30.1 Å². The van der Waals surface area contributed by atoms with E-state index in [9.17, 15) is 0 Å². The molecule has 1 aromatic heterocycles. The number of nitrogens with one attached hydrogen (secondary N) is 1. The highest BCUT2D eigenvalue weighted by atomic mass is 14.9. The summed E-state index contributed by atoms with van der Waals surface area (Å²) in [5.41, 5.74) is 0.850. The molecule has 1 atom stereocenters. The van der Waals surface area contributed by atoms with E-state index in [0.29, 0.717) is 0 Å². The number of nitriles is 1. The van der Waals surface area contributed by atoms with Gasteiger partial charge in [-0.05, 0) is 52.3 Å². The molecule has 0 bridgehead atoms. The molecule has 0 saturated carbocycles. The van der Waals surface area contributed by atoms with Crippen molar-refractivity contribution in [2.45, 2.75) is 39.7 Å². The van der Waals surface area contributed by atoms with E-state index in [-0.39, 0.29) is 11.5 Å². The fourth-order valence-electron chi connectivity index (χ4n) is 1.64. The SMILES string of the molecule is C[C@H](NCCCC(C)(C)C#N)c1ccccn1. The highest BCUT2D eigenvalue weighted by molar-refractivity contribution is 5.07. The molecular weight excluding hydrogens is 210 g/mol. The van der Waals surface area contributed by atoms with Crippen LogP contribution in [-0.4, -0.2) is 11.5 Å². The topological polar surface area (TPSA) is 48.7 Å². The van der Waals surface area contributed by atoms with Crippen molar-refractivity contribution in [1.29, 1.82) is 5.26 Å². The molecular formula is C14H21N3. The highest BCUT2D eigenvalue weighted by Gasteiger charge is 2.15. The predicted octanol–water partition coefficient (Wildman–Crippen LogP) is 3.06. The molecule has 0 saturated heterocycles. The van der Waals surface area contributed by atoms with Crippen molar-refractivity contribution in [3.63, 3.8) is 0 Å². The van der Waals surface area contributed by atoms with Crippen molar-refractivity contribution < 1.29 is 0 Å². The lowest BCUT2D eigenvalue weighted by Crippen LogP contribution is -2.22. The molecule has 1 aromatic rings. The zero-order chi connectivity index (χ0) is 12.7. The maximum atomic E-state index is 8.90. The Kier molecular flexibility index (Phi) is 5.11. The standard InChI is InChI=1S/C14H21N3/c1-12(13-7-4-5-9-17-13)16-10-6-8-14(2,3)11-15/h4-5,7,9,12,16H,6,8,10H2,1-3H3/t12-/m0/s1. The summed E-state index contributed by atoms with van der Waals surface area (Å²) in [4.78, 5) is 4.31. The average molecular weight is 231 g/mol. The largest absolute Gasteiger partial charge is 0.309 e. The number of nitrogens with zero attached hydrogens (tertiary/aromatic N) is 2. The highest BCUT2D eigenvalue weighted by Crippen LogP contribution is 2.20. The van der Waals surface area contributed by atoms with Crippen LogP contribution in [0.3, 0.4) is 0 Å². The molecule has 0 aliphatic heterocycles. The number of pyridine rings is 1. The zero-order valence-corrected chi connectivity index (χ0v) is 10.9. The Labute approximate surface area is 104 Å². The van der Waals surface area contributed by atoms with Crippen LogP contribution in [0.4, 0.5) is 0 Å². The van der Waals surface area contributed by atoms with E-state index in [0.717, 1.165) is 25.1 Å². The van der Waals surface area contributed by atoms with Gasteiger partial charge in [0.1, 0.15) is 0 Å². The van der Waals surface area contributed by atoms with Gasteiger partial charge in [-0.1, -0.05) is 6.07 Å². The van der Waals surface area contributed by atoms with Crippen LogP contribution < -0.4 is 5.32 Å². The Morgan fingerprint density at radius 2 is 2.24 bits per heavy atom. The molecule has 3 nitrogen and oxygen atoms in total. The minimum Gasteiger partial charge on any atom is -0.309 e. The molecule has 17 heavy (non-hydrogen) atoms. The summed E-state index contributed by atoms with van der Waals surface area (Å²) < 4.78 is 0. The lowest BCUT2D eigenvalue weighted by Gasteiger charge is -2.17. The predicted molar refractivity (Wildman–Crippen MR) is 69.3 cm³/mol. The summed E-state index contributed by atoms with van der Waals surface area (Å²) >= 11 is 0. The van der Waals surface area contributed by atoms with E-state index in [1.165, 1.54) is 0 Å². The minimum absolute atomic E-state index is 0.212. The molecule has 0 fully saturated rings. The molecule has 0 unspecified atom stereocenters. The van der Waals surface area contributed by atoms with Gasteiger partial charge >= 0.3 is 0 Å². The van der Waals surface area contributed by atoms with E-state index >= 15 is 0 Å².